The summed E-state index contributed by atoms with van der Waals surface area (Å²) in [6.45, 7) is 5.02. The Labute approximate surface area is 221 Å². The topological polar surface area (TPSA) is 95.9 Å². The highest BCUT2D eigenvalue weighted by Gasteiger charge is 2.30. The second-order valence-electron chi connectivity index (χ2n) is 9.13. The van der Waals surface area contributed by atoms with Gasteiger partial charge in [-0.3, -0.25) is 4.79 Å². The minimum Gasteiger partial charge on any atom is -0.493 e. The Morgan fingerprint density at radius 3 is 2.58 bits per heavy atom. The molecule has 1 aliphatic rings. The van der Waals surface area contributed by atoms with Gasteiger partial charge < -0.3 is 19.6 Å². The first-order valence-electron chi connectivity index (χ1n) is 12.4. The monoisotopic (exact) mass is 508 g/mol. The Bertz CT molecular complexity index is 1530. The zero-order chi connectivity index (χ0) is 26.8. The summed E-state index contributed by atoms with van der Waals surface area (Å²) < 4.78 is 6.07. The highest BCUT2D eigenvalue weighted by Crippen LogP contribution is 2.37. The molecule has 0 unspecified atom stereocenters. The second-order valence-corrected chi connectivity index (χ2v) is 9.13. The molecule has 0 fully saturated rings. The predicted molar refractivity (Wildman–Crippen MR) is 147 cm³/mol. The quantitative estimate of drug-likeness (QED) is 0.351. The van der Waals surface area contributed by atoms with Gasteiger partial charge in [0.15, 0.2) is 5.82 Å². The molecule has 8 nitrogen and oxygen atoms in total. The Morgan fingerprint density at radius 2 is 1.82 bits per heavy atom. The molecule has 5 rings (SSSR count). The molecule has 8 heteroatoms. The molecule has 0 radical (unpaired) electrons. The average Bonchev–Trinajstić information content (AvgIpc) is 3.02. The number of carboxylic acids is 1. The first-order chi connectivity index (χ1) is 18.4. The summed E-state index contributed by atoms with van der Waals surface area (Å²) in [6.07, 6.45) is 4.09. The Morgan fingerprint density at radius 1 is 1.00 bits per heavy atom. The summed E-state index contributed by atoms with van der Waals surface area (Å²) in [6, 6.07) is 18.3. The molecule has 0 aliphatic carbocycles. The predicted octanol–water partition coefficient (Wildman–Crippen LogP) is 5.52. The van der Waals surface area contributed by atoms with Gasteiger partial charge in [0.2, 0.25) is 0 Å². The van der Waals surface area contributed by atoms with Crippen LogP contribution in [0.5, 0.6) is 5.75 Å². The number of aromatic carboxylic acids is 1. The number of ether oxygens (including phenoxy) is 1. The van der Waals surface area contributed by atoms with E-state index >= 15 is 0 Å². The van der Waals surface area contributed by atoms with Gasteiger partial charge in [-0.25, -0.2) is 14.8 Å². The van der Waals surface area contributed by atoms with Crippen molar-refractivity contribution in [2.75, 3.05) is 30.0 Å². The average molecular weight is 509 g/mol. The highest BCUT2D eigenvalue weighted by atomic mass is 16.5. The van der Waals surface area contributed by atoms with Crippen LogP contribution in [0.3, 0.4) is 0 Å². The van der Waals surface area contributed by atoms with E-state index < -0.39 is 5.97 Å². The second kappa shape index (κ2) is 10.3. The number of carbonyl (C=O) groups is 2. The molecule has 0 spiro atoms. The highest BCUT2D eigenvalue weighted by molar-refractivity contribution is 6.12. The van der Waals surface area contributed by atoms with Crippen molar-refractivity contribution in [1.82, 2.24) is 9.97 Å². The van der Waals surface area contributed by atoms with E-state index in [1.807, 2.05) is 61.2 Å². The fraction of sp³-hybridized carbons (Fsp3) is 0.200. The van der Waals surface area contributed by atoms with Gasteiger partial charge in [0, 0.05) is 32.4 Å². The van der Waals surface area contributed by atoms with E-state index in [1.54, 1.807) is 42.5 Å². The first-order valence-corrected chi connectivity index (χ1v) is 12.4. The van der Waals surface area contributed by atoms with Crippen LogP contribution in [0.25, 0.3) is 11.1 Å². The van der Waals surface area contributed by atoms with E-state index in [1.165, 1.54) is 0 Å². The summed E-state index contributed by atoms with van der Waals surface area (Å²) in [7, 11) is 1.76. The van der Waals surface area contributed by atoms with E-state index in [9.17, 15) is 14.7 Å². The Kier molecular flexibility index (Phi) is 6.79. The lowest BCUT2D eigenvalue weighted by molar-refractivity contribution is 0.0696. The number of nitrogens with zero attached hydrogens (tertiary/aromatic N) is 4. The summed E-state index contributed by atoms with van der Waals surface area (Å²) in [5.74, 6) is 0.985. The van der Waals surface area contributed by atoms with Crippen LogP contribution in [0.2, 0.25) is 0 Å². The summed E-state index contributed by atoms with van der Waals surface area (Å²) in [5, 5.41) is 9.27. The lowest BCUT2D eigenvalue weighted by Gasteiger charge is -2.22. The van der Waals surface area contributed by atoms with Crippen molar-refractivity contribution < 1.29 is 19.4 Å². The van der Waals surface area contributed by atoms with Gasteiger partial charge in [0.1, 0.15) is 11.6 Å². The minimum absolute atomic E-state index is 0.126. The van der Waals surface area contributed by atoms with Gasteiger partial charge in [0.25, 0.3) is 5.91 Å². The molecule has 2 aromatic carbocycles. The lowest BCUT2D eigenvalue weighted by atomic mass is 10.0. The molecule has 1 aliphatic heterocycles. The molecule has 0 saturated heterocycles. The van der Waals surface area contributed by atoms with Gasteiger partial charge in [-0.2, -0.15) is 0 Å². The van der Waals surface area contributed by atoms with Crippen LogP contribution in [0.1, 0.15) is 38.8 Å². The molecule has 0 atom stereocenters. The number of amides is 1. The number of fused-ring (bicyclic) bond motifs is 2. The molecule has 0 saturated carbocycles. The number of aryl methyl sites for hydroxylation is 1. The van der Waals surface area contributed by atoms with Gasteiger partial charge in [-0.15, -0.1) is 0 Å². The summed E-state index contributed by atoms with van der Waals surface area (Å²) in [4.78, 5) is 37.4. The molecule has 2 aromatic heterocycles. The number of pyridine rings is 2. The Balaban J connectivity index is 1.31. The van der Waals surface area contributed by atoms with E-state index in [0.717, 1.165) is 33.7 Å². The maximum atomic E-state index is 13.3. The third-order valence-electron chi connectivity index (χ3n) is 6.68. The summed E-state index contributed by atoms with van der Waals surface area (Å²) in [5.41, 5.74) is 5.14. The number of anilines is 3. The van der Waals surface area contributed by atoms with E-state index in [2.05, 4.69) is 9.97 Å². The molecule has 192 valence electrons. The number of carboxylic acid groups (broad SMARTS) is 1. The third kappa shape index (κ3) is 4.68. The van der Waals surface area contributed by atoms with Crippen molar-refractivity contribution in [3.05, 3.63) is 95.3 Å². The van der Waals surface area contributed by atoms with E-state index in [-0.39, 0.29) is 11.5 Å². The van der Waals surface area contributed by atoms with Crippen molar-refractivity contribution >= 4 is 29.2 Å². The van der Waals surface area contributed by atoms with Crippen LogP contribution in [0.15, 0.2) is 73.1 Å². The third-order valence-corrected chi connectivity index (χ3v) is 6.68. The van der Waals surface area contributed by atoms with Crippen molar-refractivity contribution in [1.29, 1.82) is 0 Å². The lowest BCUT2D eigenvalue weighted by Crippen LogP contribution is -2.25. The first kappa shape index (κ1) is 25.0. The molecule has 3 heterocycles. The zero-order valence-electron chi connectivity index (χ0n) is 21.5. The molecule has 1 amide bonds. The van der Waals surface area contributed by atoms with E-state index in [0.29, 0.717) is 36.8 Å². The van der Waals surface area contributed by atoms with Crippen molar-refractivity contribution in [3.8, 4) is 16.9 Å². The molecular formula is C30H28N4O4. The van der Waals surface area contributed by atoms with E-state index in [4.69, 9.17) is 4.74 Å². The van der Waals surface area contributed by atoms with Crippen molar-refractivity contribution in [2.45, 2.75) is 20.3 Å². The van der Waals surface area contributed by atoms with Crippen molar-refractivity contribution in [2.24, 2.45) is 0 Å². The largest absolute Gasteiger partial charge is 0.493 e. The molecule has 38 heavy (non-hydrogen) atoms. The fourth-order valence-electron chi connectivity index (χ4n) is 4.66. The number of carbonyl (C=O) groups excluding carboxylic acids is 1. The van der Waals surface area contributed by atoms with Crippen LogP contribution in [0.4, 0.5) is 17.3 Å². The molecule has 4 aromatic rings. The molecular weight excluding hydrogens is 480 g/mol. The normalized spacial score (nSPS) is 12.6. The van der Waals surface area contributed by atoms with Gasteiger partial charge in [-0.05, 0) is 78.6 Å². The zero-order valence-corrected chi connectivity index (χ0v) is 21.5. The maximum absolute atomic E-state index is 13.3. The number of benzene rings is 2. The molecule has 1 N–H and O–H groups in total. The Hall–Kier alpha value is -4.72. The van der Waals surface area contributed by atoms with Gasteiger partial charge >= 0.3 is 5.97 Å². The smallest absolute Gasteiger partial charge is 0.335 e. The number of hydrogen-bond donors (Lipinski definition) is 1. The standard InChI is InChI=1S/C30H28N4O4/c1-4-34-27-24(29(35)33(3)25-9-6-13-31-28(25)34)16-20(18-32-27)12-14-38-26-11-10-22(15-19(26)2)21-7-5-8-23(17-21)30(36)37/h5-11,13,15-18H,4,12,14H2,1-3H3,(H,36,37). The number of rotatable bonds is 7. The van der Waals surface area contributed by atoms with Crippen LogP contribution >= 0.6 is 0 Å². The van der Waals surface area contributed by atoms with Crippen LogP contribution in [-0.2, 0) is 6.42 Å². The molecule has 0 bridgehead atoms. The SMILES string of the molecule is CCN1c2ncc(CCOc3ccc(-c4cccc(C(=O)O)c4)cc3C)cc2C(=O)N(C)c2cccnc21. The van der Waals surface area contributed by atoms with Gasteiger partial charge in [0.05, 0.1) is 23.4 Å². The van der Waals surface area contributed by atoms with Crippen LogP contribution in [0, 0.1) is 6.92 Å². The van der Waals surface area contributed by atoms with Gasteiger partial charge in [-0.1, -0.05) is 18.2 Å². The number of hydrogen-bond acceptors (Lipinski definition) is 6. The summed E-state index contributed by atoms with van der Waals surface area (Å²) >= 11 is 0. The fourth-order valence-corrected chi connectivity index (χ4v) is 4.66. The van der Waals surface area contributed by atoms with Crippen molar-refractivity contribution in [3.63, 3.8) is 0 Å². The maximum Gasteiger partial charge on any atom is 0.335 e. The van der Waals surface area contributed by atoms with Crippen LogP contribution < -0.4 is 14.5 Å². The number of aromatic nitrogens is 2. The minimum atomic E-state index is -0.951. The van der Waals surface area contributed by atoms with Crippen LogP contribution in [-0.4, -0.2) is 47.2 Å².